The number of hydrogen-bond donors (Lipinski definition) is 1. The first-order chi connectivity index (χ1) is 6.29. The molecule has 0 radical (unpaired) electrons. The van der Waals surface area contributed by atoms with Crippen LogP contribution >= 0.6 is 0 Å². The zero-order valence-corrected chi connectivity index (χ0v) is 8.13. The number of anilines is 1. The van der Waals surface area contributed by atoms with Crippen LogP contribution in [0.2, 0.25) is 0 Å². The summed E-state index contributed by atoms with van der Waals surface area (Å²) in [6.45, 7) is 3.34. The normalized spacial score (nSPS) is 20.3. The minimum atomic E-state index is 0.722. The fraction of sp³-hybridized carbons (Fsp3) is 0.455. The van der Waals surface area contributed by atoms with E-state index in [1.165, 1.54) is 11.3 Å². The van der Waals surface area contributed by atoms with E-state index in [0.717, 1.165) is 24.6 Å². The van der Waals surface area contributed by atoms with Crippen LogP contribution in [0.25, 0.3) is 0 Å². The Labute approximate surface area is 78.9 Å². The van der Waals surface area contributed by atoms with Crippen molar-refractivity contribution in [2.45, 2.75) is 13.3 Å². The second-order valence-corrected chi connectivity index (χ2v) is 3.71. The number of fused-ring (bicyclic) bond motifs is 1. The molecule has 0 saturated heterocycles. The zero-order chi connectivity index (χ0) is 9.26. The van der Waals surface area contributed by atoms with Gasteiger partial charge in [0.05, 0.1) is 7.11 Å². The van der Waals surface area contributed by atoms with E-state index in [2.05, 4.69) is 24.4 Å². The van der Waals surface area contributed by atoms with Crippen molar-refractivity contribution in [2.75, 3.05) is 19.0 Å². The lowest BCUT2D eigenvalue weighted by molar-refractivity contribution is 0.413. The lowest BCUT2D eigenvalue weighted by Gasteiger charge is -2.23. The molecule has 70 valence electrons. The second kappa shape index (κ2) is 3.29. The zero-order valence-electron chi connectivity index (χ0n) is 8.13. The Balaban J connectivity index is 2.32. The van der Waals surface area contributed by atoms with Gasteiger partial charge < -0.3 is 10.1 Å². The quantitative estimate of drug-likeness (QED) is 0.710. The molecule has 1 aromatic carbocycles. The number of hydrogen-bond acceptors (Lipinski definition) is 2. The van der Waals surface area contributed by atoms with Crippen LogP contribution in [0.15, 0.2) is 18.2 Å². The highest BCUT2D eigenvalue weighted by atomic mass is 16.5. The van der Waals surface area contributed by atoms with Crippen molar-refractivity contribution in [1.82, 2.24) is 0 Å². The van der Waals surface area contributed by atoms with Gasteiger partial charge in [-0.1, -0.05) is 6.92 Å². The second-order valence-electron chi connectivity index (χ2n) is 3.71. The summed E-state index contributed by atoms with van der Waals surface area (Å²) < 4.78 is 5.19. The van der Waals surface area contributed by atoms with Crippen molar-refractivity contribution < 1.29 is 4.74 Å². The van der Waals surface area contributed by atoms with Crippen molar-refractivity contribution in [2.24, 2.45) is 5.92 Å². The first-order valence-corrected chi connectivity index (χ1v) is 4.70. The highest BCUT2D eigenvalue weighted by Gasteiger charge is 2.14. The van der Waals surface area contributed by atoms with E-state index in [9.17, 15) is 0 Å². The Morgan fingerprint density at radius 1 is 1.46 bits per heavy atom. The van der Waals surface area contributed by atoms with Crippen LogP contribution in [0.5, 0.6) is 5.75 Å². The molecule has 2 heteroatoms. The fourth-order valence-electron chi connectivity index (χ4n) is 1.77. The summed E-state index contributed by atoms with van der Waals surface area (Å²) in [5.74, 6) is 1.68. The van der Waals surface area contributed by atoms with E-state index < -0.39 is 0 Å². The number of methoxy groups -OCH3 is 1. The highest BCUT2D eigenvalue weighted by molar-refractivity contribution is 5.56. The molecule has 2 nitrogen and oxygen atoms in total. The molecule has 1 aliphatic heterocycles. The number of ether oxygens (including phenoxy) is 1. The van der Waals surface area contributed by atoms with Gasteiger partial charge in [-0.3, -0.25) is 0 Å². The van der Waals surface area contributed by atoms with Gasteiger partial charge in [-0.2, -0.15) is 0 Å². The van der Waals surface area contributed by atoms with Gasteiger partial charge in [0, 0.05) is 12.2 Å². The van der Waals surface area contributed by atoms with Crippen molar-refractivity contribution in [3.63, 3.8) is 0 Å². The van der Waals surface area contributed by atoms with Crippen LogP contribution < -0.4 is 10.1 Å². The Morgan fingerprint density at radius 3 is 3.08 bits per heavy atom. The van der Waals surface area contributed by atoms with Gasteiger partial charge in [0.1, 0.15) is 5.75 Å². The Morgan fingerprint density at radius 2 is 2.31 bits per heavy atom. The van der Waals surface area contributed by atoms with Gasteiger partial charge >= 0.3 is 0 Å². The maximum atomic E-state index is 5.19. The van der Waals surface area contributed by atoms with E-state index in [-0.39, 0.29) is 0 Å². The SMILES string of the molecule is COc1ccc2c(c1)CC(C)CN2. The molecule has 1 atom stereocenters. The molecule has 1 N–H and O–H groups in total. The Bertz CT molecular complexity index is 309. The molecule has 2 rings (SSSR count). The summed E-state index contributed by atoms with van der Waals surface area (Å²) in [7, 11) is 1.71. The average Bonchev–Trinajstić information content (AvgIpc) is 2.16. The summed E-state index contributed by atoms with van der Waals surface area (Å²) in [6.07, 6.45) is 1.15. The predicted octanol–water partition coefficient (Wildman–Crippen LogP) is 2.30. The molecule has 0 spiro atoms. The van der Waals surface area contributed by atoms with Crippen LogP contribution in [0.4, 0.5) is 5.69 Å². The van der Waals surface area contributed by atoms with Gasteiger partial charge in [-0.25, -0.2) is 0 Å². The van der Waals surface area contributed by atoms with E-state index in [1.807, 2.05) is 6.07 Å². The summed E-state index contributed by atoms with van der Waals surface area (Å²) in [4.78, 5) is 0. The standard InChI is InChI=1S/C11H15NO/c1-8-5-9-6-10(13-2)3-4-11(9)12-7-8/h3-4,6,8,12H,5,7H2,1-2H3. The van der Waals surface area contributed by atoms with Gasteiger partial charge in [-0.05, 0) is 36.1 Å². The van der Waals surface area contributed by atoms with Crippen LogP contribution in [-0.2, 0) is 6.42 Å². The molecule has 0 fully saturated rings. The lowest BCUT2D eigenvalue weighted by Crippen LogP contribution is -2.20. The van der Waals surface area contributed by atoms with Gasteiger partial charge in [-0.15, -0.1) is 0 Å². The summed E-state index contributed by atoms with van der Waals surface area (Å²) in [6, 6.07) is 6.22. The molecular weight excluding hydrogens is 162 g/mol. The van der Waals surface area contributed by atoms with E-state index >= 15 is 0 Å². The van der Waals surface area contributed by atoms with Gasteiger partial charge in [0.25, 0.3) is 0 Å². The van der Waals surface area contributed by atoms with Crippen molar-refractivity contribution in [3.8, 4) is 5.75 Å². The molecule has 0 amide bonds. The summed E-state index contributed by atoms with van der Waals surface area (Å²) in [5.41, 5.74) is 2.64. The third-order valence-corrected chi connectivity index (χ3v) is 2.52. The first kappa shape index (κ1) is 8.42. The summed E-state index contributed by atoms with van der Waals surface area (Å²) in [5, 5.41) is 3.41. The fourth-order valence-corrected chi connectivity index (χ4v) is 1.77. The monoisotopic (exact) mass is 177 g/mol. The van der Waals surface area contributed by atoms with E-state index in [0.29, 0.717) is 0 Å². The highest BCUT2D eigenvalue weighted by Crippen LogP contribution is 2.27. The smallest absolute Gasteiger partial charge is 0.119 e. The van der Waals surface area contributed by atoms with E-state index in [1.54, 1.807) is 7.11 Å². The first-order valence-electron chi connectivity index (χ1n) is 4.70. The maximum absolute atomic E-state index is 5.19. The molecular formula is C11H15NO. The third kappa shape index (κ3) is 1.62. The largest absolute Gasteiger partial charge is 0.497 e. The topological polar surface area (TPSA) is 21.3 Å². The van der Waals surface area contributed by atoms with Crippen molar-refractivity contribution >= 4 is 5.69 Å². The molecule has 13 heavy (non-hydrogen) atoms. The minimum absolute atomic E-state index is 0.722. The van der Waals surface area contributed by atoms with Crippen LogP contribution in [0.1, 0.15) is 12.5 Å². The lowest BCUT2D eigenvalue weighted by atomic mass is 9.95. The number of benzene rings is 1. The molecule has 0 bridgehead atoms. The number of rotatable bonds is 1. The van der Waals surface area contributed by atoms with Crippen molar-refractivity contribution in [1.29, 1.82) is 0 Å². The molecule has 0 aromatic heterocycles. The summed E-state index contributed by atoms with van der Waals surface area (Å²) >= 11 is 0. The van der Waals surface area contributed by atoms with Crippen molar-refractivity contribution in [3.05, 3.63) is 23.8 Å². The molecule has 1 heterocycles. The predicted molar refractivity (Wildman–Crippen MR) is 54.4 cm³/mol. The number of nitrogens with one attached hydrogen (secondary N) is 1. The van der Waals surface area contributed by atoms with Crippen LogP contribution in [0, 0.1) is 5.92 Å². The minimum Gasteiger partial charge on any atom is -0.497 e. The Hall–Kier alpha value is -1.18. The van der Waals surface area contributed by atoms with E-state index in [4.69, 9.17) is 4.74 Å². The molecule has 1 aliphatic rings. The maximum Gasteiger partial charge on any atom is 0.119 e. The van der Waals surface area contributed by atoms with Gasteiger partial charge in [0.15, 0.2) is 0 Å². The third-order valence-electron chi connectivity index (χ3n) is 2.52. The molecule has 1 unspecified atom stereocenters. The average molecular weight is 177 g/mol. The van der Waals surface area contributed by atoms with Crippen LogP contribution in [-0.4, -0.2) is 13.7 Å². The molecule has 0 saturated carbocycles. The van der Waals surface area contributed by atoms with Crippen LogP contribution in [0.3, 0.4) is 0 Å². The van der Waals surface area contributed by atoms with Gasteiger partial charge in [0.2, 0.25) is 0 Å². The molecule has 1 aromatic rings. The molecule has 0 aliphatic carbocycles. The Kier molecular flexibility index (Phi) is 2.13.